The highest BCUT2D eigenvalue weighted by molar-refractivity contribution is 5.85. The Morgan fingerprint density at radius 3 is 2.32 bits per heavy atom. The van der Waals surface area contributed by atoms with Gasteiger partial charge in [-0.15, -0.1) is 12.4 Å². The average molecular weight is 411 g/mol. The van der Waals surface area contributed by atoms with Gasteiger partial charge in [-0.1, -0.05) is 26.3 Å². The van der Waals surface area contributed by atoms with E-state index in [0.717, 1.165) is 18.4 Å². The van der Waals surface area contributed by atoms with Gasteiger partial charge in [-0.05, 0) is 55.2 Å². The number of hydrogen-bond donors (Lipinski definition) is 2. The van der Waals surface area contributed by atoms with Crippen LogP contribution in [0.5, 0.6) is 11.5 Å². The van der Waals surface area contributed by atoms with Gasteiger partial charge in [-0.25, -0.2) is 0 Å². The van der Waals surface area contributed by atoms with Crippen molar-refractivity contribution in [3.05, 3.63) is 23.8 Å². The van der Waals surface area contributed by atoms with E-state index in [1.807, 2.05) is 18.2 Å². The molecule has 5 nitrogen and oxygen atoms in total. The van der Waals surface area contributed by atoms with Gasteiger partial charge in [0.05, 0.1) is 14.2 Å². The van der Waals surface area contributed by atoms with Crippen molar-refractivity contribution in [3.63, 3.8) is 0 Å². The molecule has 1 aromatic carbocycles. The molecular formula is C22H35ClN2O3. The van der Waals surface area contributed by atoms with Crippen molar-refractivity contribution in [3.8, 4) is 11.5 Å². The lowest BCUT2D eigenvalue weighted by atomic mass is 9.65. The van der Waals surface area contributed by atoms with Gasteiger partial charge in [0, 0.05) is 23.9 Å². The Kier molecular flexibility index (Phi) is 7.63. The largest absolute Gasteiger partial charge is 0.493 e. The van der Waals surface area contributed by atoms with Crippen molar-refractivity contribution in [2.75, 3.05) is 20.8 Å². The SMILES string of the molecule is COc1ccc(C(C)(C)CNC(=O)C2CC3CCCC(C2)C3N)cc1OC.Cl. The number of carbonyl (C=O) groups excluding carboxylic acids is 1. The second kappa shape index (κ2) is 9.36. The molecule has 1 aromatic rings. The molecule has 3 rings (SSSR count). The normalized spacial score (nSPS) is 26.8. The van der Waals surface area contributed by atoms with Crippen molar-refractivity contribution in [2.45, 2.75) is 57.4 Å². The minimum atomic E-state index is -0.198. The number of rotatable bonds is 6. The van der Waals surface area contributed by atoms with Crippen molar-refractivity contribution in [1.82, 2.24) is 5.32 Å². The number of nitrogens with two attached hydrogens (primary N) is 1. The molecule has 2 aliphatic rings. The molecule has 0 aliphatic heterocycles. The predicted molar refractivity (Wildman–Crippen MR) is 114 cm³/mol. The molecule has 2 bridgehead atoms. The number of halogens is 1. The van der Waals surface area contributed by atoms with Crippen LogP contribution in [0.15, 0.2) is 18.2 Å². The summed E-state index contributed by atoms with van der Waals surface area (Å²) >= 11 is 0. The summed E-state index contributed by atoms with van der Waals surface area (Å²) in [6.07, 6.45) is 5.52. The molecule has 0 spiro atoms. The van der Waals surface area contributed by atoms with Crippen molar-refractivity contribution in [1.29, 1.82) is 0 Å². The summed E-state index contributed by atoms with van der Waals surface area (Å²) in [5, 5.41) is 3.21. The number of hydrogen-bond acceptors (Lipinski definition) is 4. The fourth-order valence-corrected chi connectivity index (χ4v) is 4.81. The van der Waals surface area contributed by atoms with E-state index < -0.39 is 0 Å². The number of ether oxygens (including phenoxy) is 2. The van der Waals surface area contributed by atoms with Crippen molar-refractivity contribution in [2.24, 2.45) is 23.5 Å². The Bertz CT molecular complexity index is 666. The molecule has 6 heteroatoms. The van der Waals surface area contributed by atoms with E-state index in [1.165, 1.54) is 19.3 Å². The van der Waals surface area contributed by atoms with Gasteiger partial charge in [-0.2, -0.15) is 0 Å². The first-order valence-electron chi connectivity index (χ1n) is 10.1. The minimum absolute atomic E-state index is 0. The summed E-state index contributed by atoms with van der Waals surface area (Å²) in [5.74, 6) is 2.77. The predicted octanol–water partition coefficient (Wildman–Crippen LogP) is 3.67. The zero-order valence-corrected chi connectivity index (χ0v) is 18.3. The Morgan fingerprint density at radius 2 is 1.75 bits per heavy atom. The maximum atomic E-state index is 12.8. The van der Waals surface area contributed by atoms with Gasteiger partial charge in [0.1, 0.15) is 0 Å². The highest BCUT2D eigenvalue weighted by Gasteiger charge is 2.40. The zero-order valence-electron chi connectivity index (χ0n) is 17.5. The summed E-state index contributed by atoms with van der Waals surface area (Å²) in [5.41, 5.74) is 7.28. The third-order valence-electron chi connectivity index (χ3n) is 6.65. The molecule has 158 valence electrons. The molecule has 0 radical (unpaired) electrons. The zero-order chi connectivity index (χ0) is 19.6. The van der Waals surface area contributed by atoms with Crippen LogP contribution in [0.3, 0.4) is 0 Å². The van der Waals surface area contributed by atoms with Gasteiger partial charge in [0.15, 0.2) is 11.5 Å². The van der Waals surface area contributed by atoms with Crippen LogP contribution in [0.25, 0.3) is 0 Å². The van der Waals surface area contributed by atoms with E-state index in [4.69, 9.17) is 15.2 Å². The smallest absolute Gasteiger partial charge is 0.223 e. The number of methoxy groups -OCH3 is 2. The van der Waals surface area contributed by atoms with Crippen LogP contribution in [0, 0.1) is 17.8 Å². The molecule has 2 unspecified atom stereocenters. The lowest BCUT2D eigenvalue weighted by molar-refractivity contribution is -0.128. The molecule has 2 atom stereocenters. The second-order valence-electron chi connectivity index (χ2n) is 8.87. The van der Waals surface area contributed by atoms with E-state index in [1.54, 1.807) is 14.2 Å². The Balaban J connectivity index is 0.00000280. The number of nitrogens with one attached hydrogen (secondary N) is 1. The quantitative estimate of drug-likeness (QED) is 0.750. The highest BCUT2D eigenvalue weighted by Crippen LogP contribution is 2.42. The average Bonchev–Trinajstić information content (AvgIpc) is 2.65. The number of carbonyl (C=O) groups is 1. The van der Waals surface area contributed by atoms with E-state index in [2.05, 4.69) is 19.2 Å². The molecular weight excluding hydrogens is 376 g/mol. The van der Waals surface area contributed by atoms with Crippen molar-refractivity contribution < 1.29 is 14.3 Å². The molecule has 2 aliphatic carbocycles. The van der Waals surface area contributed by atoms with Crippen LogP contribution >= 0.6 is 12.4 Å². The first-order chi connectivity index (χ1) is 12.9. The number of fused-ring (bicyclic) bond motifs is 2. The lowest BCUT2D eigenvalue weighted by Crippen LogP contribution is -2.50. The Labute approximate surface area is 175 Å². The maximum Gasteiger partial charge on any atom is 0.223 e. The fraction of sp³-hybridized carbons (Fsp3) is 0.682. The standard InChI is InChI=1S/C22H34N2O3.ClH/c1-22(2,17-8-9-18(26-3)19(12-17)27-4)13-24-21(25)16-10-14-6-5-7-15(11-16)20(14)23;/h8-9,12,14-16,20H,5-7,10-11,13,23H2,1-4H3,(H,24,25);1H. The summed E-state index contributed by atoms with van der Waals surface area (Å²) in [6, 6.07) is 6.25. The summed E-state index contributed by atoms with van der Waals surface area (Å²) < 4.78 is 10.7. The lowest BCUT2D eigenvalue weighted by Gasteiger charge is -2.43. The topological polar surface area (TPSA) is 73.6 Å². The van der Waals surface area contributed by atoms with Crippen LogP contribution in [0.1, 0.15) is 51.5 Å². The Hall–Kier alpha value is -1.46. The fourth-order valence-electron chi connectivity index (χ4n) is 4.81. The van der Waals surface area contributed by atoms with Gasteiger partial charge in [0.2, 0.25) is 5.91 Å². The molecule has 28 heavy (non-hydrogen) atoms. The molecule has 0 aromatic heterocycles. The van der Waals surface area contributed by atoms with Crippen molar-refractivity contribution >= 4 is 18.3 Å². The van der Waals surface area contributed by atoms with Gasteiger partial charge in [-0.3, -0.25) is 4.79 Å². The molecule has 3 N–H and O–H groups in total. The monoisotopic (exact) mass is 410 g/mol. The third-order valence-corrected chi connectivity index (χ3v) is 6.65. The molecule has 1 amide bonds. The molecule has 0 heterocycles. The Morgan fingerprint density at radius 1 is 1.14 bits per heavy atom. The van der Waals surface area contributed by atoms with Crippen LogP contribution in [0.4, 0.5) is 0 Å². The molecule has 2 saturated carbocycles. The first kappa shape index (κ1) is 22.8. The van der Waals surface area contributed by atoms with Gasteiger partial charge < -0.3 is 20.5 Å². The summed E-state index contributed by atoms with van der Waals surface area (Å²) in [6.45, 7) is 4.87. The van der Waals surface area contributed by atoms with Crippen LogP contribution in [-0.2, 0) is 10.2 Å². The number of amides is 1. The summed E-state index contributed by atoms with van der Waals surface area (Å²) in [4.78, 5) is 12.8. The van der Waals surface area contributed by atoms with E-state index in [-0.39, 0.29) is 29.6 Å². The number of benzene rings is 1. The first-order valence-corrected chi connectivity index (χ1v) is 10.1. The van der Waals surface area contributed by atoms with Crippen LogP contribution < -0.4 is 20.5 Å². The molecule has 0 saturated heterocycles. The minimum Gasteiger partial charge on any atom is -0.493 e. The maximum absolute atomic E-state index is 12.8. The van der Waals surface area contributed by atoms with E-state index in [9.17, 15) is 4.79 Å². The van der Waals surface area contributed by atoms with Gasteiger partial charge >= 0.3 is 0 Å². The van der Waals surface area contributed by atoms with Gasteiger partial charge in [0.25, 0.3) is 0 Å². The van der Waals surface area contributed by atoms with E-state index in [0.29, 0.717) is 35.9 Å². The second-order valence-corrected chi connectivity index (χ2v) is 8.87. The third kappa shape index (κ3) is 4.74. The highest BCUT2D eigenvalue weighted by atomic mass is 35.5. The summed E-state index contributed by atoms with van der Waals surface area (Å²) in [7, 11) is 3.27. The molecule has 2 fully saturated rings. The van der Waals surface area contributed by atoms with E-state index >= 15 is 0 Å². The van der Waals surface area contributed by atoms with Crippen LogP contribution in [0.2, 0.25) is 0 Å². The van der Waals surface area contributed by atoms with Crippen LogP contribution in [-0.4, -0.2) is 32.7 Å².